The smallest absolute Gasteiger partial charge is 0.305 e. The fourth-order valence-corrected chi connectivity index (χ4v) is 5.87. The van der Waals surface area contributed by atoms with Gasteiger partial charge in [0.25, 0.3) is 0 Å². The van der Waals surface area contributed by atoms with Crippen LogP contribution in [0.25, 0.3) is 0 Å². The van der Waals surface area contributed by atoms with Crippen molar-refractivity contribution in [3.63, 3.8) is 0 Å². The van der Waals surface area contributed by atoms with Crippen molar-refractivity contribution >= 4 is 5.97 Å². The predicted molar refractivity (Wildman–Crippen MR) is 188 cm³/mol. The summed E-state index contributed by atoms with van der Waals surface area (Å²) in [4.78, 5) is 11.9. The SMILES string of the molecule is CCCCCCCC/C=C\CCCCCCCC(=O)OCCCCCCCCCCCCCCCCCCC(C)CC. The van der Waals surface area contributed by atoms with Crippen LogP contribution in [-0.4, -0.2) is 12.6 Å². The van der Waals surface area contributed by atoms with E-state index >= 15 is 0 Å². The highest BCUT2D eigenvalue weighted by atomic mass is 16.5. The fourth-order valence-electron chi connectivity index (χ4n) is 5.87. The van der Waals surface area contributed by atoms with Gasteiger partial charge in [0.05, 0.1) is 6.61 Å². The Morgan fingerprint density at radius 2 is 0.881 bits per heavy atom. The van der Waals surface area contributed by atoms with Crippen LogP contribution in [0.1, 0.15) is 226 Å². The Bertz CT molecular complexity index is 540. The molecule has 0 rings (SSSR count). The van der Waals surface area contributed by atoms with Gasteiger partial charge in [0.15, 0.2) is 0 Å². The number of carbonyl (C=O) groups is 1. The van der Waals surface area contributed by atoms with E-state index in [1.165, 1.54) is 180 Å². The van der Waals surface area contributed by atoms with Crippen LogP contribution in [0, 0.1) is 5.92 Å². The largest absolute Gasteiger partial charge is 0.466 e. The Hall–Kier alpha value is -0.790. The van der Waals surface area contributed by atoms with E-state index in [1.807, 2.05) is 0 Å². The average molecular weight is 591 g/mol. The van der Waals surface area contributed by atoms with Crippen molar-refractivity contribution in [2.75, 3.05) is 6.61 Å². The summed E-state index contributed by atoms with van der Waals surface area (Å²) < 4.78 is 5.45. The van der Waals surface area contributed by atoms with Gasteiger partial charge in [-0.2, -0.15) is 0 Å². The summed E-state index contributed by atoms with van der Waals surface area (Å²) in [7, 11) is 0. The summed E-state index contributed by atoms with van der Waals surface area (Å²) in [5.41, 5.74) is 0. The maximum atomic E-state index is 11.9. The average Bonchev–Trinajstić information content (AvgIpc) is 3.00. The standard InChI is InChI=1S/C40H78O2/c1-4-6-7-8-9-10-11-12-15-19-22-25-28-31-34-37-40(41)42-38-35-32-29-26-23-20-17-14-13-16-18-21-24-27-30-33-36-39(3)5-2/h12,15,39H,4-11,13-14,16-38H2,1-3H3/b15-12-. The normalized spacial score (nSPS) is 12.4. The lowest BCUT2D eigenvalue weighted by Gasteiger charge is -2.07. The van der Waals surface area contributed by atoms with E-state index in [2.05, 4.69) is 32.9 Å². The highest BCUT2D eigenvalue weighted by molar-refractivity contribution is 5.69. The van der Waals surface area contributed by atoms with Gasteiger partial charge in [0.1, 0.15) is 0 Å². The molecule has 0 heterocycles. The van der Waals surface area contributed by atoms with Gasteiger partial charge < -0.3 is 4.74 Å². The molecule has 1 atom stereocenters. The Morgan fingerprint density at radius 3 is 1.33 bits per heavy atom. The molecule has 0 aromatic rings. The summed E-state index contributed by atoms with van der Waals surface area (Å²) in [6.07, 6.45) is 47.0. The minimum atomic E-state index is 0.0182. The number of hydrogen-bond donors (Lipinski definition) is 0. The molecule has 0 bridgehead atoms. The van der Waals surface area contributed by atoms with Crippen LogP contribution in [0.2, 0.25) is 0 Å². The second kappa shape index (κ2) is 36.4. The Morgan fingerprint density at radius 1 is 0.500 bits per heavy atom. The number of carbonyl (C=O) groups excluding carboxylic acids is 1. The van der Waals surface area contributed by atoms with Gasteiger partial charge in [-0.15, -0.1) is 0 Å². The number of esters is 1. The second-order valence-electron chi connectivity index (χ2n) is 13.5. The van der Waals surface area contributed by atoms with Crippen molar-refractivity contribution in [1.29, 1.82) is 0 Å². The van der Waals surface area contributed by atoms with Crippen LogP contribution >= 0.6 is 0 Å². The molecule has 0 aliphatic carbocycles. The number of rotatable bonds is 35. The van der Waals surface area contributed by atoms with E-state index < -0.39 is 0 Å². The highest BCUT2D eigenvalue weighted by Crippen LogP contribution is 2.16. The zero-order valence-corrected chi connectivity index (χ0v) is 29.4. The molecule has 0 aliphatic heterocycles. The molecular weight excluding hydrogens is 512 g/mol. The van der Waals surface area contributed by atoms with E-state index in [4.69, 9.17) is 4.74 Å². The lowest BCUT2D eigenvalue weighted by molar-refractivity contribution is -0.143. The number of unbranched alkanes of at least 4 members (excludes halogenated alkanes) is 26. The van der Waals surface area contributed by atoms with Crippen molar-refractivity contribution in [2.24, 2.45) is 5.92 Å². The van der Waals surface area contributed by atoms with Crippen LogP contribution in [0.5, 0.6) is 0 Å². The second-order valence-corrected chi connectivity index (χ2v) is 13.5. The topological polar surface area (TPSA) is 26.3 Å². The predicted octanol–water partition coefficient (Wildman–Crippen LogP) is 14.2. The molecular formula is C40H78O2. The van der Waals surface area contributed by atoms with Crippen molar-refractivity contribution in [3.05, 3.63) is 12.2 Å². The van der Waals surface area contributed by atoms with Crippen LogP contribution in [0.4, 0.5) is 0 Å². The molecule has 42 heavy (non-hydrogen) atoms. The van der Waals surface area contributed by atoms with E-state index in [0.29, 0.717) is 13.0 Å². The van der Waals surface area contributed by atoms with Crippen molar-refractivity contribution in [1.82, 2.24) is 0 Å². The highest BCUT2D eigenvalue weighted by Gasteiger charge is 2.03. The van der Waals surface area contributed by atoms with Gasteiger partial charge in [0.2, 0.25) is 0 Å². The monoisotopic (exact) mass is 591 g/mol. The van der Waals surface area contributed by atoms with Gasteiger partial charge in [-0.05, 0) is 44.4 Å². The summed E-state index contributed by atoms with van der Waals surface area (Å²) in [6, 6.07) is 0. The first-order valence-corrected chi connectivity index (χ1v) is 19.5. The van der Waals surface area contributed by atoms with Gasteiger partial charge in [-0.1, -0.05) is 193 Å². The fraction of sp³-hybridized carbons (Fsp3) is 0.925. The Labute approximate surface area is 266 Å². The molecule has 0 aliphatic rings. The number of allylic oxidation sites excluding steroid dienone is 2. The maximum Gasteiger partial charge on any atom is 0.305 e. The van der Waals surface area contributed by atoms with Gasteiger partial charge >= 0.3 is 5.97 Å². The van der Waals surface area contributed by atoms with Crippen LogP contribution < -0.4 is 0 Å². The van der Waals surface area contributed by atoms with Crippen LogP contribution in [0.3, 0.4) is 0 Å². The summed E-state index contributed by atoms with van der Waals surface area (Å²) in [5, 5.41) is 0. The molecule has 2 nitrogen and oxygen atoms in total. The first-order valence-electron chi connectivity index (χ1n) is 19.5. The van der Waals surface area contributed by atoms with Gasteiger partial charge in [-0.3, -0.25) is 4.79 Å². The lowest BCUT2D eigenvalue weighted by atomic mass is 9.99. The molecule has 250 valence electrons. The molecule has 0 aromatic heterocycles. The number of hydrogen-bond acceptors (Lipinski definition) is 2. The lowest BCUT2D eigenvalue weighted by Crippen LogP contribution is -2.05. The zero-order valence-electron chi connectivity index (χ0n) is 29.4. The molecule has 2 heteroatoms. The third-order valence-electron chi connectivity index (χ3n) is 9.19. The first-order chi connectivity index (χ1) is 20.7. The molecule has 0 saturated heterocycles. The minimum Gasteiger partial charge on any atom is -0.466 e. The summed E-state index contributed by atoms with van der Waals surface area (Å²) in [6.45, 7) is 7.61. The summed E-state index contributed by atoms with van der Waals surface area (Å²) >= 11 is 0. The zero-order chi connectivity index (χ0) is 30.6. The van der Waals surface area contributed by atoms with Gasteiger partial charge in [0, 0.05) is 6.42 Å². The Balaban J connectivity index is 3.19. The van der Waals surface area contributed by atoms with Crippen molar-refractivity contribution in [2.45, 2.75) is 226 Å². The molecule has 0 fully saturated rings. The van der Waals surface area contributed by atoms with E-state index in [0.717, 1.165) is 25.2 Å². The molecule has 0 amide bonds. The Kier molecular flexibility index (Phi) is 35.7. The molecule has 0 N–H and O–H groups in total. The van der Waals surface area contributed by atoms with Crippen LogP contribution in [-0.2, 0) is 9.53 Å². The summed E-state index contributed by atoms with van der Waals surface area (Å²) in [5.74, 6) is 0.947. The third kappa shape index (κ3) is 35.4. The third-order valence-corrected chi connectivity index (χ3v) is 9.19. The molecule has 0 aromatic carbocycles. The van der Waals surface area contributed by atoms with E-state index in [1.54, 1.807) is 0 Å². The molecule has 0 saturated carbocycles. The van der Waals surface area contributed by atoms with Crippen molar-refractivity contribution in [3.8, 4) is 0 Å². The van der Waals surface area contributed by atoms with Crippen molar-refractivity contribution < 1.29 is 9.53 Å². The van der Waals surface area contributed by atoms with E-state index in [9.17, 15) is 4.79 Å². The molecule has 1 unspecified atom stereocenters. The van der Waals surface area contributed by atoms with Crippen LogP contribution in [0.15, 0.2) is 12.2 Å². The first kappa shape index (κ1) is 41.2. The van der Waals surface area contributed by atoms with Gasteiger partial charge in [-0.25, -0.2) is 0 Å². The number of ether oxygens (including phenoxy) is 1. The minimum absolute atomic E-state index is 0.0182. The van der Waals surface area contributed by atoms with E-state index in [-0.39, 0.29) is 5.97 Å². The maximum absolute atomic E-state index is 11.9. The quantitative estimate of drug-likeness (QED) is 0.0417. The molecule has 0 radical (unpaired) electrons. The molecule has 0 spiro atoms.